The molecular weight excluding hydrogens is 717 g/mol. The first-order valence-corrected chi connectivity index (χ1v) is 19.8. The molecule has 57 heavy (non-hydrogen) atoms. The highest BCUT2D eigenvalue weighted by molar-refractivity contribution is 7.26. The van der Waals surface area contributed by atoms with Crippen molar-refractivity contribution < 1.29 is 4.42 Å². The highest BCUT2D eigenvalue weighted by Gasteiger charge is 2.21. The van der Waals surface area contributed by atoms with Gasteiger partial charge in [-0.2, -0.15) is 0 Å². The lowest BCUT2D eigenvalue weighted by atomic mass is 9.97. The lowest BCUT2D eigenvalue weighted by Crippen LogP contribution is -2.00. The third-order valence-electron chi connectivity index (χ3n) is 11.1. The Morgan fingerprint density at radius 3 is 1.61 bits per heavy atom. The Bertz CT molecular complexity index is 3420. The van der Waals surface area contributed by atoms with Crippen LogP contribution < -0.4 is 0 Å². The van der Waals surface area contributed by atoms with E-state index >= 15 is 0 Å². The minimum atomic E-state index is 0.637. The average molecular weight is 747 g/mol. The number of thiophene rings is 1. The highest BCUT2D eigenvalue weighted by Crippen LogP contribution is 2.45. The zero-order valence-electron chi connectivity index (χ0n) is 30.4. The lowest BCUT2D eigenvalue weighted by molar-refractivity contribution is 0.667. The number of rotatable bonds is 5. The van der Waals surface area contributed by atoms with Crippen LogP contribution in [0.15, 0.2) is 186 Å². The molecule has 4 heterocycles. The summed E-state index contributed by atoms with van der Waals surface area (Å²) in [5.74, 6) is 1.93. The van der Waals surface area contributed by atoms with Crippen LogP contribution >= 0.6 is 11.3 Å². The number of hydrogen-bond acceptors (Lipinski definition) is 5. The van der Waals surface area contributed by atoms with Crippen LogP contribution in [0.3, 0.4) is 0 Å². The SMILES string of the molecule is c1ccc(-c2nc(-c3ccccc3)nc(-c3ccc4sc5cccc(-c6cccc7c6oc6c(-n8c9ccccc9c9ccccc98)cccc67)c5c4c3)n2)cc1. The molecule has 0 saturated carbocycles. The topological polar surface area (TPSA) is 56.7 Å². The molecule has 266 valence electrons. The fourth-order valence-electron chi connectivity index (χ4n) is 8.50. The van der Waals surface area contributed by atoms with Crippen molar-refractivity contribution >= 4 is 75.3 Å². The van der Waals surface area contributed by atoms with Gasteiger partial charge >= 0.3 is 0 Å². The van der Waals surface area contributed by atoms with Crippen molar-refractivity contribution in [2.75, 3.05) is 0 Å². The molecule has 8 aromatic carbocycles. The number of nitrogens with zero attached hydrogens (tertiary/aromatic N) is 4. The fraction of sp³-hybridized carbons (Fsp3) is 0. The number of aromatic nitrogens is 4. The van der Waals surface area contributed by atoms with Gasteiger partial charge in [0.25, 0.3) is 0 Å². The van der Waals surface area contributed by atoms with E-state index in [-0.39, 0.29) is 0 Å². The summed E-state index contributed by atoms with van der Waals surface area (Å²) in [7, 11) is 0. The van der Waals surface area contributed by atoms with Crippen molar-refractivity contribution in [2.24, 2.45) is 0 Å². The van der Waals surface area contributed by atoms with Crippen LogP contribution in [-0.2, 0) is 0 Å². The molecule has 0 amide bonds. The number of para-hydroxylation sites is 4. The minimum Gasteiger partial charge on any atom is -0.453 e. The van der Waals surface area contributed by atoms with Crippen LogP contribution in [0, 0.1) is 0 Å². The van der Waals surface area contributed by atoms with Gasteiger partial charge in [0.15, 0.2) is 23.1 Å². The molecule has 0 unspecified atom stereocenters. The summed E-state index contributed by atoms with van der Waals surface area (Å²) in [6.45, 7) is 0. The van der Waals surface area contributed by atoms with E-state index in [2.05, 4.69) is 126 Å². The average Bonchev–Trinajstić information content (AvgIpc) is 3.96. The Morgan fingerprint density at radius 1 is 0.386 bits per heavy atom. The highest BCUT2D eigenvalue weighted by atomic mass is 32.1. The molecule has 0 aliphatic rings. The first kappa shape index (κ1) is 31.9. The zero-order chi connectivity index (χ0) is 37.5. The molecule has 12 aromatic rings. The van der Waals surface area contributed by atoms with Crippen molar-refractivity contribution in [3.8, 4) is 51.0 Å². The third kappa shape index (κ3) is 4.98. The normalized spacial score (nSPS) is 11.9. The van der Waals surface area contributed by atoms with Crippen molar-refractivity contribution in [3.05, 3.63) is 182 Å². The van der Waals surface area contributed by atoms with Gasteiger partial charge in [-0.25, -0.2) is 15.0 Å². The van der Waals surface area contributed by atoms with Crippen LogP contribution in [0.1, 0.15) is 0 Å². The largest absolute Gasteiger partial charge is 0.453 e. The molecule has 0 aliphatic carbocycles. The fourth-order valence-corrected chi connectivity index (χ4v) is 9.62. The molecule has 0 fully saturated rings. The minimum absolute atomic E-state index is 0.637. The second-order valence-corrected chi connectivity index (χ2v) is 15.4. The number of hydrogen-bond donors (Lipinski definition) is 0. The maximum absolute atomic E-state index is 7.09. The van der Waals surface area contributed by atoms with Gasteiger partial charge in [0.2, 0.25) is 0 Å². The molecule has 0 aliphatic heterocycles. The first-order chi connectivity index (χ1) is 28.3. The second kappa shape index (κ2) is 12.6. The number of fused-ring (bicyclic) bond motifs is 9. The molecule has 4 aromatic heterocycles. The van der Waals surface area contributed by atoms with Gasteiger partial charge in [-0.15, -0.1) is 11.3 Å². The van der Waals surface area contributed by atoms with Gasteiger partial charge in [0, 0.05) is 64.0 Å². The Morgan fingerprint density at radius 2 is 0.930 bits per heavy atom. The summed E-state index contributed by atoms with van der Waals surface area (Å²) in [6.07, 6.45) is 0. The predicted octanol–water partition coefficient (Wildman–Crippen LogP) is 13.9. The molecular formula is C51H30N4OS. The Balaban J connectivity index is 1.06. The summed E-state index contributed by atoms with van der Waals surface area (Å²) < 4.78 is 11.8. The number of furan rings is 1. The summed E-state index contributed by atoms with van der Waals surface area (Å²) in [5, 5.41) is 6.98. The van der Waals surface area contributed by atoms with Gasteiger partial charge < -0.3 is 8.98 Å². The monoisotopic (exact) mass is 746 g/mol. The smallest absolute Gasteiger partial charge is 0.164 e. The van der Waals surface area contributed by atoms with Crippen LogP contribution in [0.5, 0.6) is 0 Å². The van der Waals surface area contributed by atoms with Crippen molar-refractivity contribution in [2.45, 2.75) is 0 Å². The molecule has 0 atom stereocenters. The van der Waals surface area contributed by atoms with E-state index in [9.17, 15) is 0 Å². The quantitative estimate of drug-likeness (QED) is 0.176. The maximum atomic E-state index is 7.09. The molecule has 5 nitrogen and oxygen atoms in total. The van der Waals surface area contributed by atoms with Crippen LogP contribution in [0.4, 0.5) is 0 Å². The predicted molar refractivity (Wildman–Crippen MR) is 236 cm³/mol. The van der Waals surface area contributed by atoms with Gasteiger partial charge in [-0.3, -0.25) is 0 Å². The number of benzene rings is 8. The Labute approximate surface area is 330 Å². The summed E-state index contributed by atoms with van der Waals surface area (Å²) >= 11 is 1.80. The Hall–Kier alpha value is -7.41. The van der Waals surface area contributed by atoms with Crippen LogP contribution in [0.25, 0.3) is 115 Å². The molecule has 12 rings (SSSR count). The van der Waals surface area contributed by atoms with E-state index in [0.29, 0.717) is 17.5 Å². The molecule has 0 saturated heterocycles. The summed E-state index contributed by atoms with van der Waals surface area (Å²) in [4.78, 5) is 15.0. The second-order valence-electron chi connectivity index (χ2n) is 14.3. The van der Waals surface area contributed by atoms with Gasteiger partial charge in [-0.05, 0) is 48.0 Å². The van der Waals surface area contributed by atoms with E-state index < -0.39 is 0 Å². The van der Waals surface area contributed by atoms with Crippen molar-refractivity contribution in [1.82, 2.24) is 19.5 Å². The van der Waals surface area contributed by atoms with Crippen LogP contribution in [0.2, 0.25) is 0 Å². The standard InChI is InChI=1S/C51H30N4OS/c1-3-14-31(15-4-1)49-52-50(32-16-5-2-6-17-32)54-51(53-49)33-28-29-44-40(30-33)46-36(20-13-27-45(46)57-44)37-21-11-22-38-39-23-12-26-43(48(39)56-47(37)38)55-41-24-9-7-18-34(41)35-19-8-10-25-42(35)55/h1-30H. The Kier molecular flexibility index (Phi) is 7.03. The molecule has 6 heteroatoms. The molecule has 0 N–H and O–H groups in total. The van der Waals surface area contributed by atoms with Crippen molar-refractivity contribution in [3.63, 3.8) is 0 Å². The van der Waals surface area contributed by atoms with E-state index in [1.54, 1.807) is 11.3 Å². The molecule has 0 spiro atoms. The summed E-state index contributed by atoms with van der Waals surface area (Å²) in [6, 6.07) is 63.7. The lowest BCUT2D eigenvalue weighted by Gasteiger charge is -2.09. The first-order valence-electron chi connectivity index (χ1n) is 19.0. The zero-order valence-corrected chi connectivity index (χ0v) is 31.2. The third-order valence-corrected chi connectivity index (χ3v) is 12.2. The molecule has 0 bridgehead atoms. The van der Waals surface area contributed by atoms with E-state index in [1.807, 2.05) is 60.7 Å². The van der Waals surface area contributed by atoms with Gasteiger partial charge in [-0.1, -0.05) is 140 Å². The molecule has 0 radical (unpaired) electrons. The maximum Gasteiger partial charge on any atom is 0.164 e. The van der Waals surface area contributed by atoms with Gasteiger partial charge in [0.05, 0.1) is 16.7 Å². The summed E-state index contributed by atoms with van der Waals surface area (Å²) in [5.41, 5.74) is 10.1. The van der Waals surface area contributed by atoms with Crippen LogP contribution in [-0.4, -0.2) is 19.5 Å². The van der Waals surface area contributed by atoms with E-state index in [0.717, 1.165) is 71.9 Å². The van der Waals surface area contributed by atoms with E-state index in [4.69, 9.17) is 19.4 Å². The van der Waals surface area contributed by atoms with Crippen molar-refractivity contribution in [1.29, 1.82) is 0 Å². The van der Waals surface area contributed by atoms with E-state index in [1.165, 1.54) is 25.6 Å². The van der Waals surface area contributed by atoms with Gasteiger partial charge in [0.1, 0.15) is 5.58 Å².